The normalized spacial score (nSPS) is 19.3. The molecule has 0 amide bonds. The van der Waals surface area contributed by atoms with Gasteiger partial charge in [0.05, 0.1) is 17.8 Å². The fourth-order valence-corrected chi connectivity index (χ4v) is 4.04. The number of hydrogen-bond acceptors (Lipinski definition) is 6. The standard InChI is InChI=1S/C22H27N5O4/c1-22(2,30)13-27-12-11-18(25-27)16-5-3-14(4-6-16)15-7-9-17(10-8-15)31-20-19(21(28)29)23-26-24-20/h3-6,11-12,15,17,30H,7-10,13H2,1-2H3,(H,28,29)(H,23,24,26). The fraction of sp³-hybridized carbons (Fsp3) is 0.455. The number of aliphatic hydroxyl groups is 1. The van der Waals surface area contributed by atoms with E-state index in [1.165, 1.54) is 5.56 Å². The van der Waals surface area contributed by atoms with Gasteiger partial charge in [-0.2, -0.15) is 5.10 Å². The lowest BCUT2D eigenvalue weighted by molar-refractivity contribution is 0.0577. The Labute approximate surface area is 180 Å². The topological polar surface area (TPSA) is 126 Å². The van der Waals surface area contributed by atoms with Crippen molar-refractivity contribution in [2.75, 3.05) is 0 Å². The number of carboxylic acids is 1. The molecule has 164 valence electrons. The molecule has 0 radical (unpaired) electrons. The van der Waals surface area contributed by atoms with Crippen molar-refractivity contribution in [3.05, 3.63) is 47.8 Å². The molecule has 9 heteroatoms. The molecule has 0 spiro atoms. The highest BCUT2D eigenvalue weighted by molar-refractivity contribution is 5.87. The van der Waals surface area contributed by atoms with Gasteiger partial charge in [-0.1, -0.05) is 34.6 Å². The first-order chi connectivity index (χ1) is 14.8. The third-order valence-electron chi connectivity index (χ3n) is 5.55. The third-order valence-corrected chi connectivity index (χ3v) is 5.55. The summed E-state index contributed by atoms with van der Waals surface area (Å²) in [5, 5.41) is 33.3. The van der Waals surface area contributed by atoms with Crippen LogP contribution < -0.4 is 4.74 Å². The van der Waals surface area contributed by atoms with E-state index < -0.39 is 11.6 Å². The fourth-order valence-electron chi connectivity index (χ4n) is 4.04. The van der Waals surface area contributed by atoms with E-state index in [1.54, 1.807) is 18.5 Å². The van der Waals surface area contributed by atoms with Gasteiger partial charge < -0.3 is 14.9 Å². The van der Waals surface area contributed by atoms with E-state index in [1.807, 2.05) is 12.3 Å². The van der Waals surface area contributed by atoms with Gasteiger partial charge in [-0.3, -0.25) is 4.68 Å². The van der Waals surface area contributed by atoms with Gasteiger partial charge in [0.25, 0.3) is 5.88 Å². The van der Waals surface area contributed by atoms with Crippen LogP contribution in [-0.2, 0) is 6.54 Å². The molecule has 3 N–H and O–H groups in total. The summed E-state index contributed by atoms with van der Waals surface area (Å²) in [6, 6.07) is 10.4. The second-order valence-corrected chi connectivity index (χ2v) is 8.72. The van der Waals surface area contributed by atoms with Crippen LogP contribution in [0, 0.1) is 0 Å². The van der Waals surface area contributed by atoms with Crippen molar-refractivity contribution < 1.29 is 19.7 Å². The summed E-state index contributed by atoms with van der Waals surface area (Å²) in [7, 11) is 0. The number of rotatable bonds is 7. The molecule has 0 unspecified atom stereocenters. The van der Waals surface area contributed by atoms with Crippen LogP contribution >= 0.6 is 0 Å². The second kappa shape index (κ2) is 8.50. The summed E-state index contributed by atoms with van der Waals surface area (Å²) in [6.45, 7) is 3.97. The third kappa shape index (κ3) is 5.11. The Morgan fingerprint density at radius 2 is 1.90 bits per heavy atom. The predicted octanol–water partition coefficient (Wildman–Crippen LogP) is 3.24. The number of nitrogens with one attached hydrogen (secondary N) is 1. The Hall–Kier alpha value is -3.20. The van der Waals surface area contributed by atoms with Crippen molar-refractivity contribution in [1.29, 1.82) is 0 Å². The molecular formula is C22H27N5O4. The van der Waals surface area contributed by atoms with E-state index in [9.17, 15) is 9.90 Å². The Bertz CT molecular complexity index is 1030. The quantitative estimate of drug-likeness (QED) is 0.530. The van der Waals surface area contributed by atoms with Gasteiger partial charge in [-0.05, 0) is 57.1 Å². The van der Waals surface area contributed by atoms with Crippen molar-refractivity contribution in [3.63, 3.8) is 0 Å². The summed E-state index contributed by atoms with van der Waals surface area (Å²) in [6.07, 6.45) is 5.42. The maximum atomic E-state index is 11.1. The van der Waals surface area contributed by atoms with E-state index in [2.05, 4.69) is 44.8 Å². The highest BCUT2D eigenvalue weighted by Crippen LogP contribution is 2.35. The Morgan fingerprint density at radius 1 is 1.19 bits per heavy atom. The summed E-state index contributed by atoms with van der Waals surface area (Å²) < 4.78 is 7.53. The number of carboxylic acid groups (broad SMARTS) is 1. The Kier molecular flexibility index (Phi) is 5.77. The maximum Gasteiger partial charge on any atom is 0.359 e. The summed E-state index contributed by atoms with van der Waals surface area (Å²) in [5.41, 5.74) is 2.30. The number of ether oxygens (including phenoxy) is 1. The number of aromatic amines is 1. The van der Waals surface area contributed by atoms with Crippen molar-refractivity contribution in [3.8, 4) is 17.1 Å². The number of benzene rings is 1. The maximum absolute atomic E-state index is 11.1. The zero-order valence-electron chi connectivity index (χ0n) is 17.7. The molecule has 0 atom stereocenters. The minimum Gasteiger partial charge on any atom is -0.476 e. The molecule has 1 aromatic carbocycles. The molecule has 1 aliphatic carbocycles. The van der Waals surface area contributed by atoms with Gasteiger partial charge in [-0.25, -0.2) is 9.89 Å². The first kappa shape index (κ1) is 21.0. The molecule has 1 fully saturated rings. The monoisotopic (exact) mass is 425 g/mol. The minimum atomic E-state index is -1.13. The van der Waals surface area contributed by atoms with E-state index in [0.717, 1.165) is 36.9 Å². The lowest BCUT2D eigenvalue weighted by Crippen LogP contribution is -2.26. The van der Waals surface area contributed by atoms with E-state index >= 15 is 0 Å². The van der Waals surface area contributed by atoms with Crippen LogP contribution in [0.2, 0.25) is 0 Å². The van der Waals surface area contributed by atoms with E-state index in [0.29, 0.717) is 12.5 Å². The van der Waals surface area contributed by atoms with E-state index in [4.69, 9.17) is 9.84 Å². The van der Waals surface area contributed by atoms with Crippen LogP contribution in [0.3, 0.4) is 0 Å². The van der Waals surface area contributed by atoms with Gasteiger partial charge in [0.2, 0.25) is 5.69 Å². The van der Waals surface area contributed by atoms with Gasteiger partial charge >= 0.3 is 5.97 Å². The van der Waals surface area contributed by atoms with Crippen molar-refractivity contribution >= 4 is 5.97 Å². The molecule has 2 aromatic heterocycles. The van der Waals surface area contributed by atoms with E-state index in [-0.39, 0.29) is 17.7 Å². The average Bonchev–Trinajstić information content (AvgIpc) is 3.37. The number of carbonyl (C=O) groups is 1. The van der Waals surface area contributed by atoms with Gasteiger partial charge in [0, 0.05) is 11.8 Å². The molecule has 9 nitrogen and oxygen atoms in total. The second-order valence-electron chi connectivity index (χ2n) is 8.72. The summed E-state index contributed by atoms with van der Waals surface area (Å²) >= 11 is 0. The number of aromatic nitrogens is 5. The summed E-state index contributed by atoms with van der Waals surface area (Å²) in [5.74, 6) is -0.624. The first-order valence-corrected chi connectivity index (χ1v) is 10.5. The lowest BCUT2D eigenvalue weighted by atomic mass is 9.82. The van der Waals surface area contributed by atoms with Crippen molar-refractivity contribution in [2.24, 2.45) is 0 Å². The molecule has 2 heterocycles. The smallest absolute Gasteiger partial charge is 0.359 e. The highest BCUT2D eigenvalue weighted by Gasteiger charge is 2.26. The SMILES string of the molecule is CC(C)(O)Cn1ccc(-c2ccc(C3CCC(Oc4nn[nH]c4C(=O)O)CC3)cc2)n1. The molecule has 0 bridgehead atoms. The lowest BCUT2D eigenvalue weighted by Gasteiger charge is -2.28. The van der Waals surface area contributed by atoms with Gasteiger partial charge in [0.15, 0.2) is 0 Å². The van der Waals surface area contributed by atoms with Gasteiger partial charge in [0.1, 0.15) is 6.10 Å². The van der Waals surface area contributed by atoms with Crippen LogP contribution in [-0.4, -0.2) is 53.1 Å². The molecule has 3 aromatic rings. The number of H-pyrrole nitrogens is 1. The predicted molar refractivity (Wildman–Crippen MR) is 113 cm³/mol. The summed E-state index contributed by atoms with van der Waals surface area (Å²) in [4.78, 5) is 11.1. The minimum absolute atomic E-state index is 0.0570. The molecule has 0 aliphatic heterocycles. The van der Waals surface area contributed by atoms with Crippen molar-refractivity contribution in [1.82, 2.24) is 25.2 Å². The number of nitrogens with zero attached hydrogens (tertiary/aromatic N) is 4. The van der Waals surface area contributed by atoms with Crippen LogP contribution in [0.5, 0.6) is 5.88 Å². The first-order valence-electron chi connectivity index (χ1n) is 10.5. The molecule has 31 heavy (non-hydrogen) atoms. The Morgan fingerprint density at radius 3 is 2.55 bits per heavy atom. The number of hydrogen-bond donors (Lipinski definition) is 3. The molecule has 1 aliphatic rings. The van der Waals surface area contributed by atoms with Crippen LogP contribution in [0.15, 0.2) is 36.5 Å². The molecule has 1 saturated carbocycles. The average molecular weight is 425 g/mol. The largest absolute Gasteiger partial charge is 0.476 e. The van der Waals surface area contributed by atoms with Crippen LogP contribution in [0.1, 0.15) is 61.5 Å². The van der Waals surface area contributed by atoms with Crippen LogP contribution in [0.25, 0.3) is 11.3 Å². The Balaban J connectivity index is 1.34. The van der Waals surface area contributed by atoms with Gasteiger partial charge in [-0.15, -0.1) is 0 Å². The van der Waals surface area contributed by atoms with Crippen LogP contribution in [0.4, 0.5) is 0 Å². The van der Waals surface area contributed by atoms with Crippen molar-refractivity contribution in [2.45, 2.75) is 63.7 Å². The molecule has 4 rings (SSSR count). The zero-order valence-corrected chi connectivity index (χ0v) is 17.7. The molecular weight excluding hydrogens is 398 g/mol. The zero-order chi connectivity index (χ0) is 22.0. The highest BCUT2D eigenvalue weighted by atomic mass is 16.5. The number of aromatic carboxylic acids is 1. The molecule has 0 saturated heterocycles.